The molecule has 0 aromatic carbocycles. The van der Waals surface area contributed by atoms with Gasteiger partial charge in [-0.15, -0.1) is 0 Å². The summed E-state index contributed by atoms with van der Waals surface area (Å²) >= 11 is 3.17. The fourth-order valence-corrected chi connectivity index (χ4v) is 1.75. The van der Waals surface area contributed by atoms with Crippen molar-refractivity contribution in [3.05, 3.63) is 26.9 Å². The first kappa shape index (κ1) is 14.8. The van der Waals surface area contributed by atoms with Gasteiger partial charge in [-0.3, -0.25) is 10.1 Å². The van der Waals surface area contributed by atoms with Crippen LogP contribution in [0.3, 0.4) is 0 Å². The second-order valence-electron chi connectivity index (χ2n) is 4.23. The van der Waals surface area contributed by atoms with Gasteiger partial charge < -0.3 is 10.1 Å². The van der Waals surface area contributed by atoms with E-state index in [1.165, 1.54) is 12.3 Å². The molecular formula is C11H16BrN3O3. The van der Waals surface area contributed by atoms with E-state index in [0.29, 0.717) is 11.1 Å². The van der Waals surface area contributed by atoms with Gasteiger partial charge in [0.05, 0.1) is 17.6 Å². The molecule has 1 rings (SSSR count). The standard InChI is InChI=1S/C11H16BrN3O3/c1-7(2)9(6-18-3)14-11-10(15(16)17)4-8(12)5-13-11/h4-5,7,9H,6H2,1-3H3,(H,13,14). The Morgan fingerprint density at radius 1 is 1.61 bits per heavy atom. The van der Waals surface area contributed by atoms with Crippen LogP contribution in [0.1, 0.15) is 13.8 Å². The number of ether oxygens (including phenoxy) is 1. The third-order valence-corrected chi connectivity index (χ3v) is 2.94. The first-order chi connectivity index (χ1) is 8.45. The van der Waals surface area contributed by atoms with Gasteiger partial charge in [0.1, 0.15) is 0 Å². The van der Waals surface area contributed by atoms with Crippen LogP contribution in [0.15, 0.2) is 16.7 Å². The molecular weight excluding hydrogens is 302 g/mol. The Labute approximate surface area is 114 Å². The number of hydrogen-bond donors (Lipinski definition) is 1. The second-order valence-corrected chi connectivity index (χ2v) is 5.14. The molecule has 0 radical (unpaired) electrons. The van der Waals surface area contributed by atoms with Crippen molar-refractivity contribution in [1.29, 1.82) is 0 Å². The first-order valence-corrected chi connectivity index (χ1v) is 6.30. The molecule has 1 aromatic heterocycles. The van der Waals surface area contributed by atoms with Crippen molar-refractivity contribution in [2.24, 2.45) is 5.92 Å². The molecule has 100 valence electrons. The number of anilines is 1. The van der Waals surface area contributed by atoms with Gasteiger partial charge in [-0.2, -0.15) is 0 Å². The lowest BCUT2D eigenvalue weighted by atomic mass is 10.1. The van der Waals surface area contributed by atoms with Crippen LogP contribution in [-0.2, 0) is 4.74 Å². The van der Waals surface area contributed by atoms with E-state index in [1.54, 1.807) is 7.11 Å². The van der Waals surface area contributed by atoms with Gasteiger partial charge >= 0.3 is 5.69 Å². The van der Waals surface area contributed by atoms with Gasteiger partial charge in [0, 0.05) is 23.8 Å². The van der Waals surface area contributed by atoms with Crippen LogP contribution in [0.25, 0.3) is 0 Å². The largest absolute Gasteiger partial charge is 0.383 e. The molecule has 0 fully saturated rings. The van der Waals surface area contributed by atoms with Crippen LogP contribution in [-0.4, -0.2) is 29.7 Å². The Morgan fingerprint density at radius 3 is 2.78 bits per heavy atom. The minimum Gasteiger partial charge on any atom is -0.383 e. The van der Waals surface area contributed by atoms with E-state index in [-0.39, 0.29) is 23.5 Å². The zero-order chi connectivity index (χ0) is 13.7. The minimum atomic E-state index is -0.454. The number of methoxy groups -OCH3 is 1. The van der Waals surface area contributed by atoms with Gasteiger partial charge in [-0.05, 0) is 21.8 Å². The summed E-state index contributed by atoms with van der Waals surface area (Å²) in [6.07, 6.45) is 1.53. The van der Waals surface area contributed by atoms with Crippen LogP contribution in [0.2, 0.25) is 0 Å². The first-order valence-electron chi connectivity index (χ1n) is 5.51. The lowest BCUT2D eigenvalue weighted by Crippen LogP contribution is -2.31. The summed E-state index contributed by atoms with van der Waals surface area (Å²) in [5.41, 5.74) is -0.0499. The lowest BCUT2D eigenvalue weighted by Gasteiger charge is -2.21. The number of hydrogen-bond acceptors (Lipinski definition) is 5. The number of nitro groups is 1. The normalized spacial score (nSPS) is 12.5. The third kappa shape index (κ3) is 3.92. The number of pyridine rings is 1. The van der Waals surface area contributed by atoms with Gasteiger partial charge in [0.25, 0.3) is 0 Å². The fraction of sp³-hybridized carbons (Fsp3) is 0.545. The number of aromatic nitrogens is 1. The molecule has 1 heterocycles. The maximum atomic E-state index is 11.0. The summed E-state index contributed by atoms with van der Waals surface area (Å²) in [6, 6.07) is 1.40. The number of halogens is 1. The van der Waals surface area contributed by atoms with E-state index in [2.05, 4.69) is 26.2 Å². The van der Waals surface area contributed by atoms with Crippen LogP contribution < -0.4 is 5.32 Å². The Balaban J connectivity index is 2.98. The molecule has 0 aliphatic heterocycles. The van der Waals surface area contributed by atoms with Crippen molar-refractivity contribution < 1.29 is 9.66 Å². The van der Waals surface area contributed by atoms with Crippen molar-refractivity contribution in [2.75, 3.05) is 19.0 Å². The molecule has 1 N–H and O–H groups in total. The van der Waals surface area contributed by atoms with Crippen molar-refractivity contribution >= 4 is 27.4 Å². The molecule has 1 aromatic rings. The van der Waals surface area contributed by atoms with Crippen LogP contribution in [0.4, 0.5) is 11.5 Å². The molecule has 1 atom stereocenters. The molecule has 0 saturated carbocycles. The van der Waals surface area contributed by atoms with Crippen molar-refractivity contribution in [1.82, 2.24) is 4.98 Å². The summed E-state index contributed by atoms with van der Waals surface area (Å²) in [7, 11) is 1.60. The number of rotatable bonds is 6. The summed E-state index contributed by atoms with van der Waals surface area (Å²) in [4.78, 5) is 14.6. The molecule has 0 aliphatic carbocycles. The highest BCUT2D eigenvalue weighted by Crippen LogP contribution is 2.26. The molecule has 18 heavy (non-hydrogen) atoms. The van der Waals surface area contributed by atoms with Crippen LogP contribution >= 0.6 is 15.9 Å². The van der Waals surface area contributed by atoms with E-state index >= 15 is 0 Å². The third-order valence-electron chi connectivity index (χ3n) is 2.50. The van der Waals surface area contributed by atoms with Gasteiger partial charge in [0.15, 0.2) is 0 Å². The van der Waals surface area contributed by atoms with Gasteiger partial charge in [-0.1, -0.05) is 13.8 Å². The van der Waals surface area contributed by atoms with Crippen molar-refractivity contribution in [2.45, 2.75) is 19.9 Å². The average Bonchev–Trinajstić information content (AvgIpc) is 2.30. The molecule has 0 bridgehead atoms. The predicted molar refractivity (Wildman–Crippen MR) is 72.7 cm³/mol. The molecule has 1 unspecified atom stereocenters. The maximum absolute atomic E-state index is 11.0. The second kappa shape index (κ2) is 6.65. The Hall–Kier alpha value is -1.21. The smallest absolute Gasteiger partial charge is 0.312 e. The Bertz CT molecular complexity index is 426. The van der Waals surface area contributed by atoms with Gasteiger partial charge in [-0.25, -0.2) is 4.98 Å². The summed E-state index contributed by atoms with van der Waals surface area (Å²) in [5, 5.41) is 14.0. The average molecular weight is 318 g/mol. The molecule has 0 aliphatic rings. The predicted octanol–water partition coefficient (Wildman–Crippen LogP) is 2.84. The quantitative estimate of drug-likeness (QED) is 0.644. The topological polar surface area (TPSA) is 77.3 Å². The molecule has 0 saturated heterocycles. The number of nitrogens with zero attached hydrogens (tertiary/aromatic N) is 2. The monoisotopic (exact) mass is 317 g/mol. The van der Waals surface area contributed by atoms with E-state index in [9.17, 15) is 10.1 Å². The highest BCUT2D eigenvalue weighted by molar-refractivity contribution is 9.10. The van der Waals surface area contributed by atoms with E-state index in [0.717, 1.165) is 0 Å². The van der Waals surface area contributed by atoms with Crippen LogP contribution in [0, 0.1) is 16.0 Å². The SMILES string of the molecule is COCC(Nc1ncc(Br)cc1[N+](=O)[O-])C(C)C. The zero-order valence-corrected chi connectivity index (χ0v) is 12.1. The highest BCUT2D eigenvalue weighted by atomic mass is 79.9. The van der Waals surface area contributed by atoms with Crippen molar-refractivity contribution in [3.63, 3.8) is 0 Å². The minimum absolute atomic E-state index is 0.0256. The summed E-state index contributed by atoms with van der Waals surface area (Å²) < 4.78 is 5.67. The fourth-order valence-electron chi connectivity index (χ4n) is 1.43. The molecule has 7 heteroatoms. The number of nitrogens with one attached hydrogen (secondary N) is 1. The zero-order valence-electron chi connectivity index (χ0n) is 10.5. The molecule has 0 spiro atoms. The molecule has 0 amide bonds. The summed E-state index contributed by atoms with van der Waals surface area (Å²) in [5.74, 6) is 0.536. The Kier molecular flexibility index (Phi) is 5.49. The Morgan fingerprint density at radius 2 is 2.28 bits per heavy atom. The van der Waals surface area contributed by atoms with E-state index in [4.69, 9.17) is 4.74 Å². The van der Waals surface area contributed by atoms with Crippen LogP contribution in [0.5, 0.6) is 0 Å². The van der Waals surface area contributed by atoms with Crippen molar-refractivity contribution in [3.8, 4) is 0 Å². The molecule has 6 nitrogen and oxygen atoms in total. The van der Waals surface area contributed by atoms with Gasteiger partial charge in [0.2, 0.25) is 5.82 Å². The van der Waals surface area contributed by atoms with E-state index < -0.39 is 4.92 Å². The lowest BCUT2D eigenvalue weighted by molar-refractivity contribution is -0.384. The highest BCUT2D eigenvalue weighted by Gasteiger charge is 2.21. The maximum Gasteiger partial charge on any atom is 0.312 e. The van der Waals surface area contributed by atoms with E-state index in [1.807, 2.05) is 13.8 Å². The summed E-state index contributed by atoms with van der Waals surface area (Å²) in [6.45, 7) is 4.50.